The van der Waals surface area contributed by atoms with E-state index in [1.54, 1.807) is 12.1 Å². The van der Waals surface area contributed by atoms with Crippen LogP contribution < -0.4 is 5.32 Å². The molecule has 1 fully saturated rings. The van der Waals surface area contributed by atoms with E-state index in [4.69, 9.17) is 9.47 Å². The number of amides is 1. The van der Waals surface area contributed by atoms with Crippen LogP contribution in [0, 0.1) is 5.92 Å². The van der Waals surface area contributed by atoms with Crippen LogP contribution in [0.15, 0.2) is 102 Å². The van der Waals surface area contributed by atoms with Gasteiger partial charge in [-0.25, -0.2) is 4.79 Å². The molecule has 43 heavy (non-hydrogen) atoms. The summed E-state index contributed by atoms with van der Waals surface area (Å²) in [6.45, 7) is 4.04. The van der Waals surface area contributed by atoms with E-state index < -0.39 is 12.3 Å². The molecule has 4 atom stereocenters. The van der Waals surface area contributed by atoms with E-state index in [2.05, 4.69) is 18.3 Å². The van der Waals surface area contributed by atoms with Crippen molar-refractivity contribution in [2.24, 2.45) is 5.92 Å². The highest BCUT2D eigenvalue weighted by atomic mass is 32.2. The highest BCUT2D eigenvalue weighted by Crippen LogP contribution is 2.43. The molecule has 3 N–H and O–H groups in total. The fourth-order valence-corrected chi connectivity index (χ4v) is 6.38. The van der Waals surface area contributed by atoms with Gasteiger partial charge in [0.1, 0.15) is 0 Å². The third-order valence-electron chi connectivity index (χ3n) is 7.63. The van der Waals surface area contributed by atoms with Crippen molar-refractivity contribution in [3.05, 3.63) is 125 Å². The molecule has 1 aliphatic rings. The van der Waals surface area contributed by atoms with Crippen molar-refractivity contribution in [3.63, 3.8) is 0 Å². The summed E-state index contributed by atoms with van der Waals surface area (Å²) in [5.41, 5.74) is 6.07. The van der Waals surface area contributed by atoms with Gasteiger partial charge in [-0.15, -0.1) is 11.8 Å². The number of rotatable bonds is 10. The van der Waals surface area contributed by atoms with Crippen LogP contribution in [-0.4, -0.2) is 33.9 Å². The summed E-state index contributed by atoms with van der Waals surface area (Å²) in [7, 11) is 0. The molecular weight excluding hydrogens is 562 g/mol. The number of benzene rings is 4. The molecule has 1 amide bonds. The molecule has 8 heteroatoms. The largest absolute Gasteiger partial charge is 0.478 e. The predicted molar refractivity (Wildman–Crippen MR) is 166 cm³/mol. The van der Waals surface area contributed by atoms with E-state index >= 15 is 0 Å². The van der Waals surface area contributed by atoms with Crippen LogP contribution in [0.5, 0.6) is 0 Å². The molecule has 4 aromatic rings. The first-order chi connectivity index (χ1) is 20.8. The number of carbonyl (C=O) groups excluding carboxylic acids is 1. The molecule has 1 saturated heterocycles. The van der Waals surface area contributed by atoms with E-state index in [-0.39, 0.29) is 36.2 Å². The van der Waals surface area contributed by atoms with Gasteiger partial charge in [-0.1, -0.05) is 85.8 Å². The molecule has 0 aromatic heterocycles. The van der Waals surface area contributed by atoms with Crippen LogP contribution in [0.1, 0.15) is 58.9 Å². The maximum Gasteiger partial charge on any atom is 0.336 e. The molecule has 0 unspecified atom stereocenters. The summed E-state index contributed by atoms with van der Waals surface area (Å²) in [6.07, 6.45) is -1.12. The highest BCUT2D eigenvalue weighted by molar-refractivity contribution is 7.99. The van der Waals surface area contributed by atoms with Crippen molar-refractivity contribution in [3.8, 4) is 11.1 Å². The second kappa shape index (κ2) is 14.0. The molecule has 5 rings (SSSR count). The van der Waals surface area contributed by atoms with Gasteiger partial charge in [0.05, 0.1) is 24.4 Å². The number of thioether (sulfide) groups is 1. The first kappa shape index (κ1) is 30.5. The van der Waals surface area contributed by atoms with Gasteiger partial charge in [-0.05, 0) is 46.0 Å². The van der Waals surface area contributed by atoms with E-state index in [0.29, 0.717) is 17.2 Å². The number of ether oxygens (including phenoxy) is 2. The monoisotopic (exact) mass is 597 g/mol. The summed E-state index contributed by atoms with van der Waals surface area (Å²) < 4.78 is 13.1. The maximum atomic E-state index is 11.8. The van der Waals surface area contributed by atoms with E-state index in [1.165, 1.54) is 18.7 Å². The van der Waals surface area contributed by atoms with Gasteiger partial charge in [0.2, 0.25) is 5.91 Å². The normalized spacial score (nSPS) is 20.0. The van der Waals surface area contributed by atoms with Crippen molar-refractivity contribution in [1.82, 2.24) is 5.32 Å². The number of hydrogen-bond acceptors (Lipinski definition) is 6. The Morgan fingerprint density at radius 3 is 2.26 bits per heavy atom. The molecule has 222 valence electrons. The van der Waals surface area contributed by atoms with Crippen LogP contribution >= 0.6 is 11.8 Å². The Kier molecular flexibility index (Phi) is 9.94. The predicted octanol–water partition coefficient (Wildman–Crippen LogP) is 6.76. The smallest absolute Gasteiger partial charge is 0.336 e. The zero-order chi connectivity index (χ0) is 30.3. The number of hydrogen-bond donors (Lipinski definition) is 3. The first-order valence-corrected chi connectivity index (χ1v) is 15.2. The molecule has 4 aromatic carbocycles. The molecule has 0 spiro atoms. The van der Waals surface area contributed by atoms with Gasteiger partial charge in [0, 0.05) is 35.6 Å². The Bertz CT molecular complexity index is 1560. The average Bonchev–Trinajstić information content (AvgIpc) is 3.03. The van der Waals surface area contributed by atoms with Crippen LogP contribution in [0.25, 0.3) is 11.1 Å². The van der Waals surface area contributed by atoms with Gasteiger partial charge < -0.3 is 25.0 Å². The average molecular weight is 598 g/mol. The minimum atomic E-state index is -0.954. The number of aliphatic hydroxyl groups is 1. The lowest BCUT2D eigenvalue weighted by molar-refractivity contribution is -0.268. The lowest BCUT2D eigenvalue weighted by Crippen LogP contribution is -2.38. The van der Waals surface area contributed by atoms with Crippen molar-refractivity contribution < 1.29 is 29.3 Å². The zero-order valence-electron chi connectivity index (χ0n) is 24.1. The standard InChI is InChI=1S/C35H35NO6S/c1-22-31(21-43-32-9-4-3-8-30(32)34(39)40)41-35(42-33(22)27-12-10-24(20-37)11-13-27)28-16-14-26(15-17-28)29-7-5-6-25(18-29)19-36-23(2)38/h3-18,22,31,33,35,37H,19-21H2,1-2H3,(H,36,38)(H,39,40)/t22-,31+,33+,35+/m1/s1. The molecule has 0 saturated carbocycles. The Morgan fingerprint density at radius 2 is 1.56 bits per heavy atom. The third kappa shape index (κ3) is 7.53. The quantitative estimate of drug-likeness (QED) is 0.173. The maximum absolute atomic E-state index is 11.8. The van der Waals surface area contributed by atoms with Crippen LogP contribution in [-0.2, 0) is 27.4 Å². The highest BCUT2D eigenvalue weighted by Gasteiger charge is 2.38. The van der Waals surface area contributed by atoms with Crippen LogP contribution in [0.3, 0.4) is 0 Å². The van der Waals surface area contributed by atoms with Crippen molar-refractivity contribution in [1.29, 1.82) is 0 Å². The Labute approximate surface area is 255 Å². The molecule has 0 bridgehead atoms. The Balaban J connectivity index is 1.38. The molecule has 0 aliphatic carbocycles. The molecule has 1 heterocycles. The summed E-state index contributed by atoms with van der Waals surface area (Å²) >= 11 is 1.47. The van der Waals surface area contributed by atoms with Gasteiger partial charge in [0.25, 0.3) is 0 Å². The summed E-state index contributed by atoms with van der Waals surface area (Å²) in [6, 6.07) is 30.9. The fourth-order valence-electron chi connectivity index (χ4n) is 5.17. The number of carbonyl (C=O) groups is 2. The minimum absolute atomic E-state index is 0.0219. The minimum Gasteiger partial charge on any atom is -0.478 e. The Hall–Kier alpha value is -3.95. The van der Waals surface area contributed by atoms with Crippen molar-refractivity contribution in [2.75, 3.05) is 5.75 Å². The second-order valence-electron chi connectivity index (χ2n) is 10.7. The Morgan fingerprint density at radius 1 is 0.837 bits per heavy atom. The number of aromatic carboxylic acids is 1. The number of nitrogens with one attached hydrogen (secondary N) is 1. The van der Waals surface area contributed by atoms with E-state index in [9.17, 15) is 19.8 Å². The summed E-state index contributed by atoms with van der Waals surface area (Å²) in [4.78, 5) is 23.8. The first-order valence-electron chi connectivity index (χ1n) is 14.2. The third-order valence-corrected chi connectivity index (χ3v) is 8.79. The number of carboxylic acid groups (broad SMARTS) is 1. The van der Waals surface area contributed by atoms with Gasteiger partial charge >= 0.3 is 5.97 Å². The SMILES string of the molecule is CC(=O)NCc1cccc(-c2ccc([C@H]3O[C@@H](CSc4ccccc4C(=O)O)[C@@H](C)[C@@H](c4ccc(CO)cc4)O3)cc2)c1. The summed E-state index contributed by atoms with van der Waals surface area (Å²) in [5.74, 6) is -0.492. The fraction of sp³-hybridized carbons (Fsp3) is 0.257. The van der Waals surface area contributed by atoms with Gasteiger partial charge in [-0.3, -0.25) is 4.79 Å². The lowest BCUT2D eigenvalue weighted by Gasteiger charge is -2.41. The molecule has 1 aliphatic heterocycles. The molecule has 0 radical (unpaired) electrons. The zero-order valence-corrected chi connectivity index (χ0v) is 24.9. The molecule has 7 nitrogen and oxygen atoms in total. The second-order valence-corrected chi connectivity index (χ2v) is 11.7. The molecular formula is C35H35NO6S. The number of aliphatic hydroxyl groups excluding tert-OH is 1. The number of carboxylic acids is 1. The summed E-state index contributed by atoms with van der Waals surface area (Å²) in [5, 5.41) is 22.0. The lowest BCUT2D eigenvalue weighted by atomic mass is 9.91. The van der Waals surface area contributed by atoms with Crippen LogP contribution in [0.2, 0.25) is 0 Å². The van der Waals surface area contributed by atoms with Crippen LogP contribution in [0.4, 0.5) is 0 Å². The van der Waals surface area contributed by atoms with E-state index in [1.807, 2.05) is 78.9 Å². The van der Waals surface area contributed by atoms with Gasteiger partial charge in [0.15, 0.2) is 6.29 Å². The van der Waals surface area contributed by atoms with Gasteiger partial charge in [-0.2, -0.15) is 0 Å². The van der Waals surface area contributed by atoms with E-state index in [0.717, 1.165) is 33.4 Å². The van der Waals surface area contributed by atoms with Crippen molar-refractivity contribution in [2.45, 2.75) is 50.4 Å². The van der Waals surface area contributed by atoms with Crippen molar-refractivity contribution >= 4 is 23.6 Å². The topological polar surface area (TPSA) is 105 Å².